The van der Waals surface area contributed by atoms with Crippen molar-refractivity contribution in [2.24, 2.45) is 0 Å². The lowest BCUT2D eigenvalue weighted by molar-refractivity contribution is 0.102. The van der Waals surface area contributed by atoms with Gasteiger partial charge >= 0.3 is 0 Å². The van der Waals surface area contributed by atoms with Crippen LogP contribution in [-0.2, 0) is 9.84 Å². The average Bonchev–Trinajstić information content (AvgIpc) is 3.09. The van der Waals surface area contributed by atoms with Crippen molar-refractivity contribution in [2.45, 2.75) is 12.5 Å². The van der Waals surface area contributed by atoms with Crippen LogP contribution < -0.4 is 5.32 Å². The molecule has 1 saturated heterocycles. The number of rotatable bonds is 3. The molecule has 0 aromatic carbocycles. The molecule has 9 heteroatoms. The van der Waals surface area contributed by atoms with Crippen molar-refractivity contribution < 1.29 is 13.2 Å². The monoisotopic (exact) mass is 345 g/mol. The van der Waals surface area contributed by atoms with Crippen LogP contribution in [-0.4, -0.2) is 35.6 Å². The zero-order valence-electron chi connectivity index (χ0n) is 10.8. The van der Waals surface area contributed by atoms with E-state index in [4.69, 9.17) is 11.6 Å². The third kappa shape index (κ3) is 3.12. The summed E-state index contributed by atoms with van der Waals surface area (Å²) in [6.45, 7) is 0. The second-order valence-electron chi connectivity index (χ2n) is 4.78. The highest BCUT2D eigenvalue weighted by atomic mass is 35.5. The molecule has 0 radical (unpaired) electrons. The maximum absolute atomic E-state index is 12.1. The number of hydrogen-bond donors (Lipinski definition) is 1. The molecule has 1 aliphatic rings. The Balaban J connectivity index is 1.78. The molecule has 0 unspecified atom stereocenters. The molecule has 1 N–H and O–H groups in total. The molecule has 0 aliphatic carbocycles. The van der Waals surface area contributed by atoms with Crippen molar-refractivity contribution in [3.05, 3.63) is 33.6 Å². The Hall–Kier alpha value is -1.38. The summed E-state index contributed by atoms with van der Waals surface area (Å²) in [5.41, 5.74) is 0. The normalized spacial score (nSPS) is 20.5. The molecule has 6 nitrogen and oxygen atoms in total. The van der Waals surface area contributed by atoms with E-state index in [0.29, 0.717) is 21.5 Å². The van der Waals surface area contributed by atoms with Crippen molar-refractivity contribution in [1.82, 2.24) is 9.78 Å². The van der Waals surface area contributed by atoms with Gasteiger partial charge in [-0.3, -0.25) is 4.79 Å². The van der Waals surface area contributed by atoms with Crippen LogP contribution in [0.1, 0.15) is 22.1 Å². The standard InChI is InChI=1S/C12H12ClN3O3S2/c13-10-2-1-9(20-10)12(17)15-11-3-5-14-16(11)8-4-6-21(18,19)7-8/h1-3,5,8H,4,6-7H2,(H,15,17)/t8-/m1/s1. The Labute approximate surface area is 130 Å². The minimum Gasteiger partial charge on any atom is -0.306 e. The summed E-state index contributed by atoms with van der Waals surface area (Å²) in [5.74, 6) is 0.425. The predicted octanol–water partition coefficient (Wildman–Crippen LogP) is 2.21. The minimum absolute atomic E-state index is 0.0579. The molecule has 21 heavy (non-hydrogen) atoms. The van der Waals surface area contributed by atoms with Gasteiger partial charge in [0.25, 0.3) is 5.91 Å². The maximum Gasteiger partial charge on any atom is 0.266 e. The molecule has 1 fully saturated rings. The Morgan fingerprint density at radius 1 is 1.43 bits per heavy atom. The van der Waals surface area contributed by atoms with E-state index in [0.717, 1.165) is 0 Å². The van der Waals surface area contributed by atoms with Gasteiger partial charge in [-0.15, -0.1) is 11.3 Å². The van der Waals surface area contributed by atoms with Gasteiger partial charge in [0.15, 0.2) is 9.84 Å². The van der Waals surface area contributed by atoms with Crippen LogP contribution in [0.15, 0.2) is 24.4 Å². The van der Waals surface area contributed by atoms with E-state index in [1.807, 2.05) is 0 Å². The maximum atomic E-state index is 12.1. The van der Waals surface area contributed by atoms with Crippen LogP contribution in [0, 0.1) is 0 Å². The number of nitrogens with one attached hydrogen (secondary N) is 1. The van der Waals surface area contributed by atoms with Gasteiger partial charge < -0.3 is 5.32 Å². The van der Waals surface area contributed by atoms with Crippen molar-refractivity contribution in [3.8, 4) is 0 Å². The number of sulfone groups is 1. The molecular weight excluding hydrogens is 334 g/mol. The van der Waals surface area contributed by atoms with Crippen LogP contribution in [0.25, 0.3) is 0 Å². The molecule has 0 saturated carbocycles. The molecule has 2 aromatic rings. The van der Waals surface area contributed by atoms with Crippen LogP contribution in [0.2, 0.25) is 4.34 Å². The van der Waals surface area contributed by atoms with Crippen LogP contribution >= 0.6 is 22.9 Å². The Morgan fingerprint density at radius 3 is 2.86 bits per heavy atom. The molecule has 2 aromatic heterocycles. The molecule has 0 spiro atoms. The van der Waals surface area contributed by atoms with Gasteiger partial charge in [-0.1, -0.05) is 11.6 Å². The Bertz CT molecular complexity index is 781. The van der Waals surface area contributed by atoms with Gasteiger partial charge in [0.05, 0.1) is 33.0 Å². The van der Waals surface area contributed by atoms with Crippen molar-refractivity contribution in [2.75, 3.05) is 16.8 Å². The van der Waals surface area contributed by atoms with E-state index in [9.17, 15) is 13.2 Å². The van der Waals surface area contributed by atoms with Gasteiger partial charge in [0, 0.05) is 6.07 Å². The van der Waals surface area contributed by atoms with Crippen molar-refractivity contribution in [3.63, 3.8) is 0 Å². The molecule has 0 bridgehead atoms. The molecule has 1 aliphatic heterocycles. The number of carbonyl (C=O) groups excluding carboxylic acids is 1. The molecule has 3 rings (SSSR count). The van der Waals surface area contributed by atoms with Crippen LogP contribution in [0.5, 0.6) is 0 Å². The van der Waals surface area contributed by atoms with E-state index in [2.05, 4.69) is 10.4 Å². The summed E-state index contributed by atoms with van der Waals surface area (Å²) >= 11 is 6.99. The first-order valence-corrected chi connectivity index (χ1v) is 9.27. The summed E-state index contributed by atoms with van der Waals surface area (Å²) in [6.07, 6.45) is 2.06. The Kier molecular flexibility index (Phi) is 3.76. The summed E-state index contributed by atoms with van der Waals surface area (Å²) < 4.78 is 25.2. The number of aromatic nitrogens is 2. The highest BCUT2D eigenvalue weighted by Gasteiger charge is 2.31. The zero-order valence-corrected chi connectivity index (χ0v) is 13.2. The fourth-order valence-electron chi connectivity index (χ4n) is 2.29. The second kappa shape index (κ2) is 5.43. The van der Waals surface area contributed by atoms with Gasteiger partial charge in [-0.25, -0.2) is 13.1 Å². The highest BCUT2D eigenvalue weighted by Crippen LogP contribution is 2.27. The first kappa shape index (κ1) is 14.6. The quantitative estimate of drug-likeness (QED) is 0.924. The second-order valence-corrected chi connectivity index (χ2v) is 8.72. The lowest BCUT2D eigenvalue weighted by Crippen LogP contribution is -2.19. The van der Waals surface area contributed by atoms with E-state index in [1.165, 1.54) is 11.3 Å². The van der Waals surface area contributed by atoms with Gasteiger partial charge in [-0.05, 0) is 18.6 Å². The fraction of sp³-hybridized carbons (Fsp3) is 0.333. The van der Waals surface area contributed by atoms with E-state index >= 15 is 0 Å². The molecule has 3 heterocycles. The lowest BCUT2D eigenvalue weighted by atomic mass is 10.3. The third-order valence-electron chi connectivity index (χ3n) is 3.26. The number of halogens is 1. The van der Waals surface area contributed by atoms with E-state index in [1.54, 1.807) is 29.1 Å². The van der Waals surface area contributed by atoms with E-state index < -0.39 is 9.84 Å². The number of nitrogens with zero attached hydrogens (tertiary/aromatic N) is 2. The topological polar surface area (TPSA) is 81.1 Å². The Morgan fingerprint density at radius 2 is 2.24 bits per heavy atom. The summed E-state index contributed by atoms with van der Waals surface area (Å²) in [5, 5.41) is 6.87. The first-order chi connectivity index (χ1) is 9.94. The minimum atomic E-state index is -3.00. The number of anilines is 1. The third-order valence-corrected chi connectivity index (χ3v) is 6.24. The van der Waals surface area contributed by atoms with Crippen LogP contribution in [0.3, 0.4) is 0 Å². The summed E-state index contributed by atoms with van der Waals surface area (Å²) in [4.78, 5) is 12.6. The lowest BCUT2D eigenvalue weighted by Gasteiger charge is -2.13. The zero-order chi connectivity index (χ0) is 15.0. The largest absolute Gasteiger partial charge is 0.306 e. The smallest absolute Gasteiger partial charge is 0.266 e. The molecule has 1 amide bonds. The summed E-state index contributed by atoms with van der Waals surface area (Å²) in [6, 6.07) is 4.72. The van der Waals surface area contributed by atoms with Crippen molar-refractivity contribution in [1.29, 1.82) is 0 Å². The number of amides is 1. The summed E-state index contributed by atoms with van der Waals surface area (Å²) in [7, 11) is -3.00. The highest BCUT2D eigenvalue weighted by molar-refractivity contribution is 7.91. The SMILES string of the molecule is O=C(Nc1ccnn1[C@@H]1CCS(=O)(=O)C1)c1ccc(Cl)s1. The van der Waals surface area contributed by atoms with Gasteiger partial charge in [0.2, 0.25) is 0 Å². The number of carbonyl (C=O) groups is 1. The average molecular weight is 346 g/mol. The molecule has 1 atom stereocenters. The van der Waals surface area contributed by atoms with Crippen LogP contribution in [0.4, 0.5) is 5.82 Å². The number of hydrogen-bond acceptors (Lipinski definition) is 5. The molecule has 112 valence electrons. The van der Waals surface area contributed by atoms with Gasteiger partial charge in [0.1, 0.15) is 5.82 Å². The fourth-order valence-corrected chi connectivity index (χ4v) is 4.92. The first-order valence-electron chi connectivity index (χ1n) is 6.25. The number of thiophene rings is 1. The predicted molar refractivity (Wildman–Crippen MR) is 81.8 cm³/mol. The van der Waals surface area contributed by atoms with Crippen molar-refractivity contribution >= 4 is 44.5 Å². The van der Waals surface area contributed by atoms with E-state index in [-0.39, 0.29) is 23.5 Å². The molecular formula is C12H12ClN3O3S2. The van der Waals surface area contributed by atoms with Gasteiger partial charge in [-0.2, -0.15) is 5.10 Å².